The summed E-state index contributed by atoms with van der Waals surface area (Å²) in [4.78, 5) is 86.8. The Bertz CT molecular complexity index is 2480. The first-order valence-electron chi connectivity index (χ1n) is 18.4. The van der Waals surface area contributed by atoms with E-state index in [1.165, 1.54) is 28.6 Å². The highest BCUT2D eigenvalue weighted by molar-refractivity contribution is 7.60. The number of aliphatic hydroxyl groups excluding tert-OH is 1. The maximum atomic E-state index is 12.9. The van der Waals surface area contributed by atoms with Crippen LogP contribution in [0.25, 0.3) is 22.1 Å². The van der Waals surface area contributed by atoms with Gasteiger partial charge < -0.3 is 54.9 Å². The first kappa shape index (κ1) is 43.9. The molecular formula is C34H47N8O15P2+. The third-order valence-electron chi connectivity index (χ3n) is 10.2. The van der Waals surface area contributed by atoms with Crippen molar-refractivity contribution >= 4 is 61.4 Å². The fraction of sp³-hybridized carbons (Fsp3) is 0.529. The van der Waals surface area contributed by atoms with Crippen molar-refractivity contribution in [2.75, 3.05) is 36.9 Å². The maximum absolute atomic E-state index is 12.9. The van der Waals surface area contributed by atoms with E-state index < -0.39 is 64.1 Å². The Morgan fingerprint density at radius 2 is 1.86 bits per heavy atom. The van der Waals surface area contributed by atoms with Crippen LogP contribution >= 0.6 is 15.6 Å². The Kier molecular flexibility index (Phi) is 12.5. The molecule has 23 nitrogen and oxygen atoms in total. The summed E-state index contributed by atoms with van der Waals surface area (Å²) < 4.78 is 51.2. The first-order valence-corrected chi connectivity index (χ1v) is 21.5. The Morgan fingerprint density at radius 3 is 2.58 bits per heavy atom. The zero-order chi connectivity index (χ0) is 43.2. The largest absolute Gasteiger partial charge is 0.481 e. The minimum absolute atomic E-state index is 0.00630. The molecule has 1 saturated heterocycles. The van der Waals surface area contributed by atoms with Gasteiger partial charge in [-0.3, -0.25) is 23.7 Å². The lowest BCUT2D eigenvalue weighted by Crippen LogP contribution is -2.49. The number of carbonyl (C=O) groups excluding carboxylic acids is 2. The number of aliphatic hydroxyl groups is 1. The molecular weight excluding hydrogens is 822 g/mol. The molecule has 1 fully saturated rings. The van der Waals surface area contributed by atoms with E-state index in [0.29, 0.717) is 18.5 Å². The van der Waals surface area contributed by atoms with E-state index in [1.807, 2.05) is 13.0 Å². The summed E-state index contributed by atoms with van der Waals surface area (Å²) in [6, 6.07) is 5.45. The van der Waals surface area contributed by atoms with E-state index in [2.05, 4.69) is 56.6 Å². The molecule has 2 amide bonds. The van der Waals surface area contributed by atoms with Gasteiger partial charge >= 0.3 is 33.0 Å². The van der Waals surface area contributed by atoms with Gasteiger partial charge in [0.05, 0.1) is 13.7 Å². The quantitative estimate of drug-likeness (QED) is 0.0376. The van der Waals surface area contributed by atoms with Gasteiger partial charge in [0.2, 0.25) is 17.7 Å². The number of anilines is 2. The number of amides is 2. The van der Waals surface area contributed by atoms with Crippen molar-refractivity contribution in [1.82, 2.24) is 25.2 Å². The highest BCUT2D eigenvalue weighted by atomic mass is 31.3. The average molecular weight is 870 g/mol. The van der Waals surface area contributed by atoms with Gasteiger partial charge in [-0.25, -0.2) is 23.3 Å². The number of ether oxygens (including phenoxy) is 2. The molecule has 25 heteroatoms. The van der Waals surface area contributed by atoms with E-state index in [1.54, 1.807) is 0 Å². The zero-order valence-electron chi connectivity index (χ0n) is 32.7. The van der Waals surface area contributed by atoms with Crippen molar-refractivity contribution in [3.63, 3.8) is 0 Å². The molecule has 2 aliphatic heterocycles. The molecule has 2 aliphatic rings. The van der Waals surface area contributed by atoms with E-state index in [4.69, 9.17) is 33.9 Å². The number of imidazole rings is 1. The monoisotopic (exact) mass is 869 g/mol. The van der Waals surface area contributed by atoms with Gasteiger partial charge in [0.15, 0.2) is 18.5 Å². The normalized spacial score (nSPS) is 22.6. The standard InChI is InChI=1S/C34H46N8O15P2/c1-17-11-25(44)54-22-13-21-19(12-20(17)22)18(2)14-34(3,4)42(21)10-6-7-24(43)36-8-9-37-33(47)56-28-23(15-53-59(51,52)57-58(48,49)50)55-31(27(28)45)41-16-40(5)26-29(41)38-32(35)39-30(26)46/h11-13,16,18,23,27-28,31,45H,6-10,14-15H2,1-5H3,(H7-,35,36,37,38,39,43,46,47,48,49,50,51,52)/p+1/t18?,23-,27-,28-,31-/m1/s1. The second-order valence-electron chi connectivity index (χ2n) is 15.1. The molecule has 0 radical (unpaired) electrons. The number of phosphoric acid groups is 2. The van der Waals surface area contributed by atoms with E-state index >= 15 is 0 Å². The number of aromatic amines is 1. The number of alkyl carbamates (subject to hydrolysis) is 1. The number of aromatic nitrogens is 4. The molecule has 2 unspecified atom stereocenters. The average Bonchev–Trinajstić information content (AvgIpc) is 3.60. The van der Waals surface area contributed by atoms with E-state index in [-0.39, 0.29) is 54.0 Å². The lowest BCUT2D eigenvalue weighted by Gasteiger charge is -2.47. The van der Waals surface area contributed by atoms with Crippen LogP contribution in [0.2, 0.25) is 0 Å². The van der Waals surface area contributed by atoms with Crippen molar-refractivity contribution in [2.45, 2.75) is 83.0 Å². The van der Waals surface area contributed by atoms with Crippen LogP contribution in [0.3, 0.4) is 0 Å². The zero-order valence-corrected chi connectivity index (χ0v) is 34.5. The summed E-state index contributed by atoms with van der Waals surface area (Å²) >= 11 is 0. The van der Waals surface area contributed by atoms with Gasteiger partial charge in [-0.05, 0) is 56.7 Å². The summed E-state index contributed by atoms with van der Waals surface area (Å²) in [5.74, 6) is -0.298. The molecule has 0 spiro atoms. The number of nitrogens with zero attached hydrogens (tertiary/aromatic N) is 4. The van der Waals surface area contributed by atoms with Crippen LogP contribution in [-0.2, 0) is 39.3 Å². The molecule has 5 heterocycles. The molecule has 3 aromatic heterocycles. The number of nitrogens with two attached hydrogens (primary N) is 1. The number of nitrogen functional groups attached to an aromatic ring is 1. The molecule has 4 aromatic rings. The van der Waals surface area contributed by atoms with Crippen molar-refractivity contribution in [3.8, 4) is 0 Å². The van der Waals surface area contributed by atoms with Gasteiger partial charge in [0.25, 0.3) is 11.5 Å². The summed E-state index contributed by atoms with van der Waals surface area (Å²) in [7, 11) is -9.38. The van der Waals surface area contributed by atoms with Gasteiger partial charge in [0.1, 0.15) is 11.7 Å². The molecule has 322 valence electrons. The van der Waals surface area contributed by atoms with Crippen LogP contribution in [0.1, 0.15) is 63.3 Å². The molecule has 6 rings (SSSR count). The van der Waals surface area contributed by atoms with Crippen LogP contribution in [0.5, 0.6) is 0 Å². The highest BCUT2D eigenvalue weighted by Gasteiger charge is 2.51. The number of benzene rings is 1. The number of H-pyrrole nitrogens is 1. The van der Waals surface area contributed by atoms with Crippen LogP contribution in [0, 0.1) is 6.92 Å². The van der Waals surface area contributed by atoms with Gasteiger partial charge in [-0.1, -0.05) is 11.9 Å². The Morgan fingerprint density at radius 1 is 1.15 bits per heavy atom. The van der Waals surface area contributed by atoms with Crippen molar-refractivity contribution in [1.29, 1.82) is 0 Å². The number of hydrogen-bond donors (Lipinski definition) is 8. The predicted molar refractivity (Wildman–Crippen MR) is 207 cm³/mol. The molecule has 0 bridgehead atoms. The summed E-state index contributed by atoms with van der Waals surface area (Å²) in [6.45, 7) is 7.73. The van der Waals surface area contributed by atoms with E-state index in [9.17, 15) is 38.3 Å². The predicted octanol–water partition coefficient (Wildman–Crippen LogP) is 0.814. The van der Waals surface area contributed by atoms with Crippen LogP contribution in [0.4, 0.5) is 16.4 Å². The Balaban J connectivity index is 1.05. The van der Waals surface area contributed by atoms with Gasteiger partial charge in [0, 0.05) is 54.8 Å². The summed E-state index contributed by atoms with van der Waals surface area (Å²) in [5, 5.41) is 17.3. The fourth-order valence-corrected chi connectivity index (χ4v) is 9.34. The van der Waals surface area contributed by atoms with Crippen LogP contribution < -0.4 is 37.0 Å². The van der Waals surface area contributed by atoms with E-state index in [0.717, 1.165) is 28.6 Å². The lowest BCUT2D eigenvalue weighted by molar-refractivity contribution is -0.745. The fourth-order valence-electron chi connectivity index (χ4n) is 7.75. The van der Waals surface area contributed by atoms with Crippen molar-refractivity contribution in [3.05, 3.63) is 56.4 Å². The summed E-state index contributed by atoms with van der Waals surface area (Å²) in [5.41, 5.74) is 7.82. The van der Waals surface area contributed by atoms with Gasteiger partial charge in [-0.2, -0.15) is 4.31 Å². The maximum Gasteiger partial charge on any atom is 0.481 e. The number of nitrogens with one attached hydrogen (secondary N) is 3. The first-order chi connectivity index (χ1) is 27.5. The topological polar surface area (TPSA) is 324 Å². The number of phosphoric ester groups is 1. The Hall–Kier alpha value is -4.70. The molecule has 1 aromatic carbocycles. The summed E-state index contributed by atoms with van der Waals surface area (Å²) in [6.07, 6.45) is -4.65. The lowest BCUT2D eigenvalue weighted by atomic mass is 9.79. The smallest absolute Gasteiger partial charge is 0.440 e. The second-order valence-corrected chi connectivity index (χ2v) is 18.0. The number of rotatable bonds is 14. The van der Waals surface area contributed by atoms with Crippen LogP contribution in [0.15, 0.2) is 38.5 Å². The minimum Gasteiger partial charge on any atom is -0.440 e. The molecule has 9 N–H and O–H groups in total. The SMILES string of the molecule is Cc1cc(=O)oc2cc3c(cc12)C(C)CC(C)(C)N3CCCC(=O)NCCNC(=O)O[C@H]1[C@@H](O)[C@H]([n+]2cn(C)c3c(=O)[nH]c(N)nc32)O[C@@H]1COP(=O)(O)OP(=O)(O)O. The number of fused-ring (bicyclic) bond motifs is 3. The molecule has 0 aliphatic carbocycles. The minimum atomic E-state index is -5.49. The number of aryl methyl sites for hydroxylation is 2. The van der Waals surface area contributed by atoms with Crippen molar-refractivity contribution in [2.24, 2.45) is 7.05 Å². The van der Waals surface area contributed by atoms with Crippen molar-refractivity contribution < 1.29 is 65.8 Å². The molecule has 59 heavy (non-hydrogen) atoms. The third-order valence-corrected chi connectivity index (χ3v) is 12.3. The van der Waals surface area contributed by atoms with Crippen LogP contribution in [-0.4, -0.2) is 96.4 Å². The number of hydrogen-bond acceptors (Lipinski definition) is 15. The molecule has 6 atom stereocenters. The third kappa shape index (κ3) is 9.86. The molecule has 0 saturated carbocycles. The van der Waals surface area contributed by atoms with Gasteiger partial charge in [-0.15, -0.1) is 0 Å². The highest BCUT2D eigenvalue weighted by Crippen LogP contribution is 2.57. The number of carbonyl (C=O) groups is 2. The Labute approximate surface area is 335 Å². The second kappa shape index (κ2) is 16.7.